The summed E-state index contributed by atoms with van der Waals surface area (Å²) in [6.45, 7) is 6.35. The van der Waals surface area contributed by atoms with Crippen LogP contribution >= 0.6 is 0 Å². The van der Waals surface area contributed by atoms with Crippen LogP contribution in [0.15, 0.2) is 0 Å². The summed E-state index contributed by atoms with van der Waals surface area (Å²) in [5, 5.41) is 10.3. The van der Waals surface area contributed by atoms with Gasteiger partial charge in [-0.15, -0.1) is 0 Å². The van der Waals surface area contributed by atoms with Crippen molar-refractivity contribution in [1.29, 1.82) is 0 Å². The second kappa shape index (κ2) is 3.34. The molecule has 2 aliphatic heterocycles. The maximum Gasteiger partial charge on any atom is 0.309 e. The summed E-state index contributed by atoms with van der Waals surface area (Å²) in [6.07, 6.45) is 2.40. The summed E-state index contributed by atoms with van der Waals surface area (Å²) in [4.78, 5) is 11.8. The van der Waals surface area contributed by atoms with Gasteiger partial charge in [0, 0.05) is 24.2 Å². The third-order valence-corrected chi connectivity index (χ3v) is 6.74. The molecule has 2 saturated heterocycles. The Hall–Kier alpha value is -0.610. The van der Waals surface area contributed by atoms with Crippen molar-refractivity contribution in [3.8, 4) is 0 Å². The number of carbonyl (C=O) groups excluding carboxylic acids is 1. The summed E-state index contributed by atoms with van der Waals surface area (Å²) in [7, 11) is 0. The molecule has 4 aliphatic rings. The minimum absolute atomic E-state index is 0.0114. The van der Waals surface area contributed by atoms with Crippen molar-refractivity contribution in [3.63, 3.8) is 0 Å². The van der Waals surface area contributed by atoms with Gasteiger partial charge in [0.15, 0.2) is 0 Å². The van der Waals surface area contributed by atoms with Gasteiger partial charge in [-0.2, -0.15) is 0 Å². The molecule has 1 N–H and O–H groups in total. The van der Waals surface area contributed by atoms with Crippen molar-refractivity contribution < 1.29 is 19.4 Å². The second-order valence-electron chi connectivity index (χ2n) is 7.34. The Morgan fingerprint density at radius 1 is 1.32 bits per heavy atom. The maximum absolute atomic E-state index is 11.8. The highest BCUT2D eigenvalue weighted by atomic mass is 16.6. The molecule has 0 bridgehead atoms. The molecule has 8 atom stereocenters. The highest BCUT2D eigenvalue weighted by molar-refractivity contribution is 5.75. The van der Waals surface area contributed by atoms with Crippen LogP contribution in [-0.2, 0) is 14.3 Å². The molecule has 0 unspecified atom stereocenters. The smallest absolute Gasteiger partial charge is 0.309 e. The lowest BCUT2D eigenvalue weighted by Crippen LogP contribution is -2.57. The lowest BCUT2D eigenvalue weighted by Gasteiger charge is -2.52. The molecule has 0 aromatic heterocycles. The zero-order chi connectivity index (χ0) is 13.6. The number of esters is 1. The number of hydrogen-bond acceptors (Lipinski definition) is 4. The molecule has 0 aromatic rings. The number of aliphatic hydroxyl groups is 1. The van der Waals surface area contributed by atoms with Gasteiger partial charge < -0.3 is 14.6 Å². The SMILES string of the molecule is C[C@H]1C(=O)O[C@@H]2C[C@@]34O[C@@H]3C[C@@H](O)[C@H](C)[C@@]4(C)C[C@@H]21. The van der Waals surface area contributed by atoms with Crippen LogP contribution in [-0.4, -0.2) is 35.0 Å². The molecule has 2 aliphatic carbocycles. The lowest BCUT2D eigenvalue weighted by molar-refractivity contribution is -0.147. The first-order valence-corrected chi connectivity index (χ1v) is 7.45. The molecular weight excluding hydrogens is 244 g/mol. The van der Waals surface area contributed by atoms with E-state index in [0.29, 0.717) is 5.92 Å². The fraction of sp³-hybridized carbons (Fsp3) is 0.933. The summed E-state index contributed by atoms with van der Waals surface area (Å²) in [5.41, 5.74) is -0.171. The molecule has 4 fully saturated rings. The molecular formula is C15H22O4. The van der Waals surface area contributed by atoms with Gasteiger partial charge in [-0.3, -0.25) is 4.79 Å². The normalized spacial score (nSPS) is 62.8. The number of hydrogen-bond donors (Lipinski definition) is 1. The molecule has 0 amide bonds. The number of rotatable bonds is 0. The molecule has 2 saturated carbocycles. The van der Waals surface area contributed by atoms with Crippen molar-refractivity contribution >= 4 is 5.97 Å². The van der Waals surface area contributed by atoms with Crippen LogP contribution in [0.5, 0.6) is 0 Å². The minimum Gasteiger partial charge on any atom is -0.462 e. The van der Waals surface area contributed by atoms with Crippen LogP contribution in [0, 0.1) is 23.2 Å². The van der Waals surface area contributed by atoms with Crippen molar-refractivity contribution in [2.45, 2.75) is 63.9 Å². The van der Waals surface area contributed by atoms with E-state index in [1.54, 1.807) is 0 Å². The van der Waals surface area contributed by atoms with Crippen LogP contribution in [0.25, 0.3) is 0 Å². The third kappa shape index (κ3) is 1.25. The van der Waals surface area contributed by atoms with Gasteiger partial charge in [-0.05, 0) is 12.3 Å². The van der Waals surface area contributed by atoms with Gasteiger partial charge in [0.2, 0.25) is 0 Å². The Morgan fingerprint density at radius 3 is 2.79 bits per heavy atom. The average Bonchev–Trinajstić information content (AvgIpc) is 2.98. The average molecular weight is 266 g/mol. The van der Waals surface area contributed by atoms with Gasteiger partial charge in [0.25, 0.3) is 0 Å². The Bertz CT molecular complexity index is 449. The van der Waals surface area contributed by atoms with Gasteiger partial charge >= 0.3 is 5.97 Å². The summed E-state index contributed by atoms with van der Waals surface area (Å²) in [5.74, 6) is 0.442. The van der Waals surface area contributed by atoms with Crippen molar-refractivity contribution in [2.75, 3.05) is 0 Å². The zero-order valence-electron chi connectivity index (χ0n) is 11.8. The van der Waals surface area contributed by atoms with Gasteiger partial charge in [-0.25, -0.2) is 0 Å². The van der Waals surface area contributed by atoms with E-state index in [1.165, 1.54) is 0 Å². The van der Waals surface area contributed by atoms with Crippen molar-refractivity contribution in [2.24, 2.45) is 23.2 Å². The molecule has 2 heterocycles. The Balaban J connectivity index is 1.72. The van der Waals surface area contributed by atoms with Crippen molar-refractivity contribution in [3.05, 3.63) is 0 Å². The number of aliphatic hydroxyl groups excluding tert-OH is 1. The molecule has 0 radical (unpaired) electrons. The third-order valence-electron chi connectivity index (χ3n) is 6.74. The fourth-order valence-electron chi connectivity index (χ4n) is 5.10. The second-order valence-corrected chi connectivity index (χ2v) is 7.34. The van der Waals surface area contributed by atoms with Crippen LogP contribution in [0.3, 0.4) is 0 Å². The van der Waals surface area contributed by atoms with E-state index in [9.17, 15) is 9.90 Å². The van der Waals surface area contributed by atoms with Gasteiger partial charge in [0.05, 0.1) is 18.1 Å². The molecule has 4 heteroatoms. The van der Waals surface area contributed by atoms with E-state index >= 15 is 0 Å². The van der Waals surface area contributed by atoms with E-state index in [0.717, 1.165) is 19.3 Å². The first kappa shape index (κ1) is 12.2. The van der Waals surface area contributed by atoms with Crippen molar-refractivity contribution in [1.82, 2.24) is 0 Å². The molecule has 19 heavy (non-hydrogen) atoms. The number of epoxide rings is 1. The van der Waals surface area contributed by atoms with E-state index in [4.69, 9.17) is 9.47 Å². The van der Waals surface area contributed by atoms with Crippen LogP contribution in [0.4, 0.5) is 0 Å². The molecule has 4 rings (SSSR count). The minimum atomic E-state index is -0.282. The lowest BCUT2D eigenvalue weighted by atomic mass is 9.51. The number of ether oxygens (including phenoxy) is 2. The Labute approximate surface area is 113 Å². The van der Waals surface area contributed by atoms with E-state index in [-0.39, 0.29) is 47.1 Å². The Morgan fingerprint density at radius 2 is 2.05 bits per heavy atom. The monoisotopic (exact) mass is 266 g/mol. The van der Waals surface area contributed by atoms with E-state index in [2.05, 4.69) is 13.8 Å². The van der Waals surface area contributed by atoms with Crippen LogP contribution < -0.4 is 0 Å². The topological polar surface area (TPSA) is 59.1 Å². The number of fused-ring (bicyclic) bond motifs is 1. The molecule has 4 nitrogen and oxygen atoms in total. The summed E-state index contributed by atoms with van der Waals surface area (Å²) >= 11 is 0. The largest absolute Gasteiger partial charge is 0.462 e. The quantitative estimate of drug-likeness (QED) is 0.533. The summed E-state index contributed by atoms with van der Waals surface area (Å²) < 4.78 is 11.6. The van der Waals surface area contributed by atoms with Gasteiger partial charge in [-0.1, -0.05) is 20.8 Å². The predicted octanol–water partition coefficient (Wildman–Crippen LogP) is 1.50. The number of carbonyl (C=O) groups is 1. The standard InChI is InChI=1S/C15H22O4/c1-7-9-5-14(3)8(2)10(16)4-12-15(14,19-12)6-11(9)18-13(7)17/h7-12,16H,4-6H2,1-3H3/t7-,8+,9-,10-,11-,12-,14-,15-/m1/s1. The maximum atomic E-state index is 11.8. The Kier molecular flexibility index (Phi) is 2.14. The predicted molar refractivity (Wildman–Crippen MR) is 67.3 cm³/mol. The highest BCUT2D eigenvalue weighted by Crippen LogP contribution is 2.68. The highest BCUT2D eigenvalue weighted by Gasteiger charge is 2.76. The molecule has 0 aromatic carbocycles. The van der Waals surface area contributed by atoms with Gasteiger partial charge in [0.1, 0.15) is 11.7 Å². The first-order chi connectivity index (χ1) is 8.89. The molecule has 106 valence electrons. The molecule has 1 spiro atoms. The van der Waals surface area contributed by atoms with Crippen LogP contribution in [0.2, 0.25) is 0 Å². The van der Waals surface area contributed by atoms with Crippen LogP contribution in [0.1, 0.15) is 40.0 Å². The van der Waals surface area contributed by atoms with E-state index < -0.39 is 0 Å². The first-order valence-electron chi connectivity index (χ1n) is 7.45. The van der Waals surface area contributed by atoms with E-state index in [1.807, 2.05) is 6.92 Å². The summed E-state index contributed by atoms with van der Waals surface area (Å²) in [6, 6.07) is 0. The zero-order valence-corrected chi connectivity index (χ0v) is 11.8. The fourth-order valence-corrected chi connectivity index (χ4v) is 5.10.